The molecule has 0 saturated carbocycles. The van der Waals surface area contributed by atoms with Gasteiger partial charge in [-0.25, -0.2) is 0 Å². The van der Waals surface area contributed by atoms with Crippen molar-refractivity contribution in [1.82, 2.24) is 5.32 Å². The number of ether oxygens (including phenoxy) is 1. The molecule has 0 fully saturated rings. The standard InChI is InChI=1S/C20H24N2OS/c1-13-9-10-16(14(2)11-13)21-19(24)22-17-12-20(3,4)23-18-8-6-5-7-15(17)18/h5-11,17H,12H2,1-4H3,(H2,21,22,24)/t17-/m0/s1. The van der Waals surface area contributed by atoms with Gasteiger partial charge in [-0.1, -0.05) is 35.9 Å². The van der Waals surface area contributed by atoms with Crippen LogP contribution in [-0.4, -0.2) is 10.7 Å². The third-order valence-electron chi connectivity index (χ3n) is 4.31. The van der Waals surface area contributed by atoms with Crippen molar-refractivity contribution in [1.29, 1.82) is 0 Å². The number of para-hydroxylation sites is 1. The van der Waals surface area contributed by atoms with Crippen molar-refractivity contribution in [3.63, 3.8) is 0 Å². The lowest BCUT2D eigenvalue weighted by Crippen LogP contribution is -2.42. The number of nitrogens with one attached hydrogen (secondary N) is 2. The van der Waals surface area contributed by atoms with E-state index >= 15 is 0 Å². The number of benzene rings is 2. The van der Waals surface area contributed by atoms with Gasteiger partial charge in [0, 0.05) is 17.7 Å². The molecule has 0 amide bonds. The average molecular weight is 340 g/mol. The van der Waals surface area contributed by atoms with Crippen LogP contribution in [0.3, 0.4) is 0 Å². The number of thiocarbonyl (C=S) groups is 1. The van der Waals surface area contributed by atoms with Gasteiger partial charge in [0.1, 0.15) is 11.4 Å². The van der Waals surface area contributed by atoms with Crippen LogP contribution in [-0.2, 0) is 0 Å². The second-order valence-electron chi connectivity index (χ2n) is 7.07. The summed E-state index contributed by atoms with van der Waals surface area (Å²) in [7, 11) is 0. The molecule has 126 valence electrons. The number of hydrogen-bond acceptors (Lipinski definition) is 2. The quantitative estimate of drug-likeness (QED) is 0.763. The zero-order valence-electron chi connectivity index (χ0n) is 14.6. The summed E-state index contributed by atoms with van der Waals surface area (Å²) in [5.41, 5.74) is 4.41. The molecule has 1 aliphatic rings. The fraction of sp³-hybridized carbons (Fsp3) is 0.350. The molecule has 1 heterocycles. The van der Waals surface area contributed by atoms with E-state index in [9.17, 15) is 0 Å². The second-order valence-corrected chi connectivity index (χ2v) is 7.48. The molecule has 2 aromatic rings. The van der Waals surface area contributed by atoms with Gasteiger partial charge in [-0.05, 0) is 57.6 Å². The SMILES string of the molecule is Cc1ccc(NC(=S)N[C@H]2CC(C)(C)Oc3ccccc32)c(C)c1. The van der Waals surface area contributed by atoms with Gasteiger partial charge in [-0.3, -0.25) is 0 Å². The summed E-state index contributed by atoms with van der Waals surface area (Å²) in [5.74, 6) is 0.931. The van der Waals surface area contributed by atoms with Gasteiger partial charge in [-0.15, -0.1) is 0 Å². The third-order valence-corrected chi connectivity index (χ3v) is 4.53. The summed E-state index contributed by atoms with van der Waals surface area (Å²) < 4.78 is 6.08. The first kappa shape index (κ1) is 16.8. The van der Waals surface area contributed by atoms with E-state index in [1.165, 1.54) is 11.1 Å². The number of rotatable bonds is 2. The number of fused-ring (bicyclic) bond motifs is 1. The smallest absolute Gasteiger partial charge is 0.171 e. The van der Waals surface area contributed by atoms with Gasteiger partial charge in [0.2, 0.25) is 0 Å². The van der Waals surface area contributed by atoms with E-state index in [4.69, 9.17) is 17.0 Å². The molecule has 1 aliphatic heterocycles. The first-order chi connectivity index (χ1) is 11.3. The Morgan fingerprint density at radius 3 is 2.67 bits per heavy atom. The predicted octanol–water partition coefficient (Wildman–Crippen LogP) is 4.89. The minimum Gasteiger partial charge on any atom is -0.487 e. The third kappa shape index (κ3) is 3.70. The predicted molar refractivity (Wildman–Crippen MR) is 104 cm³/mol. The van der Waals surface area contributed by atoms with Crippen molar-refractivity contribution in [2.75, 3.05) is 5.32 Å². The van der Waals surface area contributed by atoms with Crippen molar-refractivity contribution in [3.05, 3.63) is 59.2 Å². The Kier molecular flexibility index (Phi) is 4.50. The summed E-state index contributed by atoms with van der Waals surface area (Å²) in [6.07, 6.45) is 0.860. The number of hydrogen-bond donors (Lipinski definition) is 2. The fourth-order valence-electron chi connectivity index (χ4n) is 3.20. The molecule has 0 bridgehead atoms. The topological polar surface area (TPSA) is 33.3 Å². The van der Waals surface area contributed by atoms with E-state index in [-0.39, 0.29) is 11.6 Å². The van der Waals surface area contributed by atoms with E-state index < -0.39 is 0 Å². The molecule has 2 aromatic carbocycles. The van der Waals surface area contributed by atoms with Crippen molar-refractivity contribution in [3.8, 4) is 5.75 Å². The molecular formula is C20H24N2OS. The molecule has 2 N–H and O–H groups in total. The summed E-state index contributed by atoms with van der Waals surface area (Å²) in [6.45, 7) is 8.40. The molecule has 3 nitrogen and oxygen atoms in total. The Bertz CT molecular complexity index is 770. The maximum Gasteiger partial charge on any atom is 0.171 e. The highest BCUT2D eigenvalue weighted by atomic mass is 32.1. The lowest BCUT2D eigenvalue weighted by molar-refractivity contribution is 0.0697. The highest BCUT2D eigenvalue weighted by Gasteiger charge is 2.33. The van der Waals surface area contributed by atoms with Gasteiger partial charge in [-0.2, -0.15) is 0 Å². The van der Waals surface area contributed by atoms with Crippen LogP contribution in [0.15, 0.2) is 42.5 Å². The first-order valence-corrected chi connectivity index (χ1v) is 8.68. The number of aryl methyl sites for hydroxylation is 2. The Morgan fingerprint density at radius 2 is 1.92 bits per heavy atom. The molecule has 0 aliphatic carbocycles. The minimum atomic E-state index is -0.221. The van der Waals surface area contributed by atoms with Crippen LogP contribution in [0.1, 0.15) is 43.0 Å². The van der Waals surface area contributed by atoms with E-state index in [1.807, 2.05) is 18.2 Å². The van der Waals surface area contributed by atoms with E-state index in [1.54, 1.807) is 0 Å². The normalized spacial score (nSPS) is 18.2. The van der Waals surface area contributed by atoms with Gasteiger partial charge in [0.05, 0.1) is 6.04 Å². The van der Waals surface area contributed by atoms with Crippen LogP contribution in [0, 0.1) is 13.8 Å². The minimum absolute atomic E-state index is 0.135. The van der Waals surface area contributed by atoms with Crippen LogP contribution in [0.25, 0.3) is 0 Å². The molecule has 24 heavy (non-hydrogen) atoms. The van der Waals surface area contributed by atoms with Gasteiger partial charge in [0.15, 0.2) is 5.11 Å². The number of anilines is 1. The van der Waals surface area contributed by atoms with Crippen molar-refractivity contribution >= 4 is 23.0 Å². The molecule has 0 radical (unpaired) electrons. The Labute approximate surface area is 149 Å². The first-order valence-electron chi connectivity index (χ1n) is 8.27. The Hall–Kier alpha value is -2.07. The van der Waals surface area contributed by atoms with E-state index in [2.05, 4.69) is 62.6 Å². The molecule has 0 aromatic heterocycles. The molecule has 4 heteroatoms. The zero-order valence-corrected chi connectivity index (χ0v) is 15.5. The largest absolute Gasteiger partial charge is 0.487 e. The van der Waals surface area contributed by atoms with Crippen LogP contribution in [0.5, 0.6) is 5.75 Å². The fourth-order valence-corrected chi connectivity index (χ4v) is 3.45. The second kappa shape index (κ2) is 6.44. The van der Waals surface area contributed by atoms with Crippen LogP contribution in [0.2, 0.25) is 0 Å². The van der Waals surface area contributed by atoms with Crippen molar-refractivity contribution < 1.29 is 4.74 Å². The van der Waals surface area contributed by atoms with Crippen molar-refractivity contribution in [2.24, 2.45) is 0 Å². The van der Waals surface area contributed by atoms with Crippen LogP contribution in [0.4, 0.5) is 5.69 Å². The highest BCUT2D eigenvalue weighted by molar-refractivity contribution is 7.80. The monoisotopic (exact) mass is 340 g/mol. The average Bonchev–Trinajstić information content (AvgIpc) is 2.49. The lowest BCUT2D eigenvalue weighted by atomic mass is 9.90. The van der Waals surface area contributed by atoms with E-state index in [0.29, 0.717) is 5.11 Å². The Balaban J connectivity index is 1.76. The molecule has 0 spiro atoms. The van der Waals surface area contributed by atoms with Gasteiger partial charge in [0.25, 0.3) is 0 Å². The maximum atomic E-state index is 6.08. The molecular weight excluding hydrogens is 316 g/mol. The lowest BCUT2D eigenvalue weighted by Gasteiger charge is -2.38. The summed E-state index contributed by atoms with van der Waals surface area (Å²) >= 11 is 5.55. The summed E-state index contributed by atoms with van der Waals surface area (Å²) in [6, 6.07) is 14.6. The summed E-state index contributed by atoms with van der Waals surface area (Å²) in [5, 5.41) is 7.42. The molecule has 3 rings (SSSR count). The van der Waals surface area contributed by atoms with Crippen LogP contribution >= 0.6 is 12.2 Å². The van der Waals surface area contributed by atoms with Gasteiger partial charge < -0.3 is 15.4 Å². The molecule has 1 atom stereocenters. The Morgan fingerprint density at radius 1 is 1.17 bits per heavy atom. The highest BCUT2D eigenvalue weighted by Crippen LogP contribution is 2.39. The maximum absolute atomic E-state index is 6.08. The van der Waals surface area contributed by atoms with Gasteiger partial charge >= 0.3 is 0 Å². The molecule has 0 unspecified atom stereocenters. The van der Waals surface area contributed by atoms with Crippen LogP contribution < -0.4 is 15.4 Å². The van der Waals surface area contributed by atoms with E-state index in [0.717, 1.165) is 23.4 Å². The molecule has 0 saturated heterocycles. The zero-order chi connectivity index (χ0) is 17.3. The summed E-state index contributed by atoms with van der Waals surface area (Å²) in [4.78, 5) is 0. The van der Waals surface area contributed by atoms with Crippen molar-refractivity contribution in [2.45, 2.75) is 45.8 Å².